The van der Waals surface area contributed by atoms with Crippen LogP contribution in [0.2, 0.25) is 0 Å². The molecule has 26 heavy (non-hydrogen) atoms. The Labute approximate surface area is 152 Å². The Morgan fingerprint density at radius 2 is 2.00 bits per heavy atom. The van der Waals surface area contributed by atoms with Gasteiger partial charge >= 0.3 is 0 Å². The van der Waals surface area contributed by atoms with Crippen LogP contribution in [0, 0.1) is 18.3 Å². The molecule has 0 saturated carbocycles. The minimum atomic E-state index is -0.204. The van der Waals surface area contributed by atoms with Crippen LogP contribution in [-0.2, 0) is 11.3 Å². The van der Waals surface area contributed by atoms with Gasteiger partial charge in [0.15, 0.2) is 6.61 Å². The van der Waals surface area contributed by atoms with Gasteiger partial charge in [0.2, 0.25) is 0 Å². The fourth-order valence-corrected chi connectivity index (χ4v) is 2.82. The molecule has 1 heterocycles. The maximum atomic E-state index is 11.9. The second-order valence-electron chi connectivity index (χ2n) is 5.90. The maximum absolute atomic E-state index is 11.9. The van der Waals surface area contributed by atoms with E-state index in [9.17, 15) is 4.79 Å². The Kier molecular flexibility index (Phi) is 5.49. The number of carbonyl (C=O) groups excluding carboxylic acids is 1. The van der Waals surface area contributed by atoms with E-state index in [1.807, 2.05) is 37.3 Å². The number of aromatic nitrogens is 2. The van der Waals surface area contributed by atoms with E-state index in [1.165, 1.54) is 0 Å². The highest BCUT2D eigenvalue weighted by atomic mass is 16.5. The third kappa shape index (κ3) is 4.01. The van der Waals surface area contributed by atoms with Crippen LogP contribution in [0.1, 0.15) is 17.8 Å². The molecule has 0 fully saturated rings. The lowest BCUT2D eigenvalue weighted by Gasteiger charge is -2.10. The Balaban J connectivity index is 1.45. The molecular weight excluding hydrogens is 328 g/mol. The van der Waals surface area contributed by atoms with Crippen molar-refractivity contribution >= 4 is 16.9 Å². The molecule has 0 aliphatic rings. The number of imidazole rings is 1. The molecular formula is C20H20N4O2. The maximum Gasteiger partial charge on any atom is 0.257 e. The SMILES string of the molecule is Cc1nc2ccccc2n1CCCNC(=O)COc1ccccc1C#N. The van der Waals surface area contributed by atoms with Crippen molar-refractivity contribution < 1.29 is 9.53 Å². The van der Waals surface area contributed by atoms with Crippen molar-refractivity contribution in [1.29, 1.82) is 5.26 Å². The first-order chi connectivity index (χ1) is 12.7. The van der Waals surface area contributed by atoms with Crippen molar-refractivity contribution in [1.82, 2.24) is 14.9 Å². The fourth-order valence-electron chi connectivity index (χ4n) is 2.82. The van der Waals surface area contributed by atoms with Crippen molar-refractivity contribution in [2.45, 2.75) is 19.9 Å². The first-order valence-corrected chi connectivity index (χ1v) is 8.49. The largest absolute Gasteiger partial charge is 0.482 e. The molecule has 0 radical (unpaired) electrons. The normalized spacial score (nSPS) is 10.5. The Hall–Kier alpha value is -3.33. The van der Waals surface area contributed by atoms with Gasteiger partial charge in [-0.3, -0.25) is 4.79 Å². The first-order valence-electron chi connectivity index (χ1n) is 8.49. The van der Waals surface area contributed by atoms with E-state index < -0.39 is 0 Å². The Bertz CT molecular complexity index is 956. The van der Waals surface area contributed by atoms with Gasteiger partial charge in [-0.1, -0.05) is 24.3 Å². The number of hydrogen-bond donors (Lipinski definition) is 1. The first kappa shape index (κ1) is 17.5. The Morgan fingerprint density at radius 3 is 2.85 bits per heavy atom. The van der Waals surface area contributed by atoms with Crippen LogP contribution in [0.4, 0.5) is 0 Å². The molecule has 132 valence electrons. The van der Waals surface area contributed by atoms with E-state index in [2.05, 4.69) is 14.9 Å². The number of amides is 1. The molecule has 3 aromatic rings. The van der Waals surface area contributed by atoms with E-state index in [4.69, 9.17) is 10.00 Å². The molecule has 0 bridgehead atoms. The van der Waals surface area contributed by atoms with Crippen LogP contribution in [-0.4, -0.2) is 28.6 Å². The van der Waals surface area contributed by atoms with Gasteiger partial charge in [-0.25, -0.2) is 4.98 Å². The van der Waals surface area contributed by atoms with Crippen LogP contribution in [0.25, 0.3) is 11.0 Å². The molecule has 1 N–H and O–H groups in total. The number of nitrogens with one attached hydrogen (secondary N) is 1. The highest BCUT2D eigenvalue weighted by Gasteiger charge is 2.08. The number of fused-ring (bicyclic) bond motifs is 1. The molecule has 6 heteroatoms. The number of aryl methyl sites for hydroxylation is 2. The number of nitrogens with zero attached hydrogens (tertiary/aromatic N) is 3. The quantitative estimate of drug-likeness (QED) is 0.666. The lowest BCUT2D eigenvalue weighted by atomic mass is 10.2. The van der Waals surface area contributed by atoms with E-state index in [0.29, 0.717) is 17.9 Å². The number of para-hydroxylation sites is 3. The van der Waals surface area contributed by atoms with Gasteiger partial charge in [0, 0.05) is 13.1 Å². The van der Waals surface area contributed by atoms with Gasteiger partial charge in [0.1, 0.15) is 17.6 Å². The highest BCUT2D eigenvalue weighted by molar-refractivity contribution is 5.77. The molecule has 0 unspecified atom stereocenters. The van der Waals surface area contributed by atoms with Crippen molar-refractivity contribution in [2.24, 2.45) is 0 Å². The summed E-state index contributed by atoms with van der Waals surface area (Å²) in [5, 5.41) is 11.8. The zero-order valence-electron chi connectivity index (χ0n) is 14.6. The average Bonchev–Trinajstić information content (AvgIpc) is 2.99. The number of carbonyl (C=O) groups is 1. The zero-order valence-corrected chi connectivity index (χ0v) is 14.6. The molecule has 6 nitrogen and oxygen atoms in total. The summed E-state index contributed by atoms with van der Waals surface area (Å²) in [5.41, 5.74) is 2.51. The summed E-state index contributed by atoms with van der Waals surface area (Å²) in [6.07, 6.45) is 0.793. The number of benzene rings is 2. The summed E-state index contributed by atoms with van der Waals surface area (Å²) in [7, 11) is 0. The molecule has 0 aliphatic carbocycles. The lowest BCUT2D eigenvalue weighted by Crippen LogP contribution is -2.30. The molecule has 1 amide bonds. The monoisotopic (exact) mass is 348 g/mol. The molecule has 3 rings (SSSR count). The summed E-state index contributed by atoms with van der Waals surface area (Å²) in [4.78, 5) is 16.5. The molecule has 0 atom stereocenters. The third-order valence-electron chi connectivity index (χ3n) is 4.09. The highest BCUT2D eigenvalue weighted by Crippen LogP contribution is 2.16. The zero-order chi connectivity index (χ0) is 18.4. The van der Waals surface area contributed by atoms with Gasteiger partial charge < -0.3 is 14.6 Å². The standard InChI is InChI=1S/C20H20N4O2/c1-15-23-17-8-3-4-9-18(17)24(15)12-6-11-22-20(25)14-26-19-10-5-2-7-16(19)13-21/h2-5,7-10H,6,11-12,14H2,1H3,(H,22,25). The van der Waals surface area contributed by atoms with Crippen molar-refractivity contribution in [2.75, 3.05) is 13.2 Å². The van der Waals surface area contributed by atoms with E-state index in [-0.39, 0.29) is 12.5 Å². The van der Waals surface area contributed by atoms with Gasteiger partial charge in [0.05, 0.1) is 16.6 Å². The second kappa shape index (κ2) is 8.17. The molecule has 2 aromatic carbocycles. The third-order valence-corrected chi connectivity index (χ3v) is 4.09. The predicted octanol–water partition coefficient (Wildman–Crippen LogP) is 2.80. The van der Waals surface area contributed by atoms with Crippen molar-refractivity contribution in [3.8, 4) is 11.8 Å². The molecule has 0 aliphatic heterocycles. The molecule has 0 saturated heterocycles. The van der Waals surface area contributed by atoms with Crippen LogP contribution in [0.15, 0.2) is 48.5 Å². The van der Waals surface area contributed by atoms with Gasteiger partial charge in [-0.15, -0.1) is 0 Å². The van der Waals surface area contributed by atoms with Crippen LogP contribution >= 0.6 is 0 Å². The minimum absolute atomic E-state index is 0.105. The van der Waals surface area contributed by atoms with Crippen LogP contribution < -0.4 is 10.1 Å². The van der Waals surface area contributed by atoms with Crippen LogP contribution in [0.5, 0.6) is 5.75 Å². The van der Waals surface area contributed by atoms with Gasteiger partial charge in [-0.05, 0) is 37.6 Å². The average molecular weight is 348 g/mol. The summed E-state index contributed by atoms with van der Waals surface area (Å²) >= 11 is 0. The van der Waals surface area contributed by atoms with Crippen LogP contribution in [0.3, 0.4) is 0 Å². The summed E-state index contributed by atoms with van der Waals surface area (Å²) in [6.45, 7) is 3.21. The van der Waals surface area contributed by atoms with Gasteiger partial charge in [-0.2, -0.15) is 5.26 Å². The number of nitriles is 1. The smallest absolute Gasteiger partial charge is 0.257 e. The number of ether oxygens (including phenoxy) is 1. The molecule has 1 aromatic heterocycles. The van der Waals surface area contributed by atoms with E-state index in [1.54, 1.807) is 24.3 Å². The lowest BCUT2D eigenvalue weighted by molar-refractivity contribution is -0.123. The summed E-state index contributed by atoms with van der Waals surface area (Å²) in [6, 6.07) is 16.9. The van der Waals surface area contributed by atoms with E-state index in [0.717, 1.165) is 29.8 Å². The number of rotatable bonds is 7. The van der Waals surface area contributed by atoms with Gasteiger partial charge in [0.25, 0.3) is 5.91 Å². The fraction of sp³-hybridized carbons (Fsp3) is 0.250. The topological polar surface area (TPSA) is 79.9 Å². The van der Waals surface area contributed by atoms with E-state index >= 15 is 0 Å². The Morgan fingerprint density at radius 1 is 1.23 bits per heavy atom. The van der Waals surface area contributed by atoms with Crippen molar-refractivity contribution in [3.05, 3.63) is 59.9 Å². The summed E-state index contributed by atoms with van der Waals surface area (Å²) < 4.78 is 7.57. The van der Waals surface area contributed by atoms with Crippen molar-refractivity contribution in [3.63, 3.8) is 0 Å². The number of hydrogen-bond acceptors (Lipinski definition) is 4. The molecule has 0 spiro atoms. The minimum Gasteiger partial charge on any atom is -0.482 e. The summed E-state index contributed by atoms with van der Waals surface area (Å²) in [5.74, 6) is 1.18. The predicted molar refractivity (Wildman–Crippen MR) is 98.7 cm³/mol. The second-order valence-corrected chi connectivity index (χ2v) is 5.90.